The highest BCUT2D eigenvalue weighted by Gasteiger charge is 2.05. The maximum atomic E-state index is 6.21. The molecule has 20 heavy (non-hydrogen) atoms. The third-order valence-corrected chi connectivity index (χ3v) is 4.49. The number of nitrogens with one attached hydrogen (secondary N) is 1. The second-order valence-corrected chi connectivity index (χ2v) is 6.67. The van der Waals surface area contributed by atoms with Crippen molar-refractivity contribution in [2.75, 3.05) is 11.9 Å². The van der Waals surface area contributed by atoms with E-state index in [0.717, 1.165) is 39.7 Å². The molecule has 0 fully saturated rings. The average molecular weight is 372 g/mol. The van der Waals surface area contributed by atoms with Gasteiger partial charge < -0.3 is 5.32 Å². The van der Waals surface area contributed by atoms with Gasteiger partial charge in [0.25, 0.3) is 0 Å². The molecule has 0 bridgehead atoms. The number of pyridine rings is 1. The molecule has 2 aromatic rings. The summed E-state index contributed by atoms with van der Waals surface area (Å²) in [5.41, 5.74) is 0.915. The van der Waals surface area contributed by atoms with Gasteiger partial charge in [0, 0.05) is 21.7 Å². The molecule has 1 aromatic heterocycles. The topological polar surface area (TPSA) is 24.9 Å². The van der Waals surface area contributed by atoms with Crippen LogP contribution in [-0.2, 0) is 5.75 Å². The first kappa shape index (κ1) is 15.7. The van der Waals surface area contributed by atoms with Crippen molar-refractivity contribution >= 4 is 45.1 Å². The minimum Gasteiger partial charge on any atom is -0.370 e. The molecular formula is C15H16BrClN2S. The highest BCUT2D eigenvalue weighted by Crippen LogP contribution is 2.28. The molecule has 0 aliphatic carbocycles. The summed E-state index contributed by atoms with van der Waals surface area (Å²) in [5, 5.41) is 4.00. The van der Waals surface area contributed by atoms with E-state index < -0.39 is 0 Å². The Morgan fingerprint density at radius 1 is 1.30 bits per heavy atom. The van der Waals surface area contributed by atoms with E-state index in [2.05, 4.69) is 45.3 Å². The number of hydrogen-bond acceptors (Lipinski definition) is 3. The molecular weight excluding hydrogens is 356 g/mol. The molecule has 1 aromatic carbocycles. The van der Waals surface area contributed by atoms with Gasteiger partial charge in [-0.15, -0.1) is 11.8 Å². The van der Waals surface area contributed by atoms with Crippen molar-refractivity contribution in [2.24, 2.45) is 0 Å². The molecule has 1 N–H and O–H groups in total. The van der Waals surface area contributed by atoms with Crippen LogP contribution in [0.3, 0.4) is 0 Å². The molecule has 0 amide bonds. The second kappa shape index (κ2) is 7.91. The van der Waals surface area contributed by atoms with Crippen LogP contribution in [-0.4, -0.2) is 11.5 Å². The van der Waals surface area contributed by atoms with Gasteiger partial charge in [-0.1, -0.05) is 40.5 Å². The summed E-state index contributed by atoms with van der Waals surface area (Å²) in [6, 6.07) is 12.1. The van der Waals surface area contributed by atoms with Crippen LogP contribution >= 0.6 is 39.3 Å². The number of thioether (sulfide) groups is 1. The summed E-state index contributed by atoms with van der Waals surface area (Å²) in [6.45, 7) is 3.06. The Labute approximate surface area is 137 Å². The maximum Gasteiger partial charge on any atom is 0.126 e. The predicted octanol–water partition coefficient (Wildman–Crippen LogP) is 5.61. The van der Waals surface area contributed by atoms with Crippen LogP contribution in [0.15, 0.2) is 45.8 Å². The van der Waals surface area contributed by atoms with Crippen LogP contribution in [0.5, 0.6) is 0 Å². The lowest BCUT2D eigenvalue weighted by Crippen LogP contribution is -2.03. The van der Waals surface area contributed by atoms with Crippen molar-refractivity contribution in [2.45, 2.75) is 24.0 Å². The SMILES string of the molecule is CCCNc1ccc(Cl)c(CSc2cccc(Br)c2)n1. The van der Waals surface area contributed by atoms with E-state index in [1.54, 1.807) is 11.8 Å². The molecule has 106 valence electrons. The molecule has 0 unspecified atom stereocenters. The largest absolute Gasteiger partial charge is 0.370 e. The molecule has 0 aliphatic heterocycles. The lowest BCUT2D eigenvalue weighted by atomic mass is 10.3. The summed E-state index contributed by atoms with van der Waals surface area (Å²) < 4.78 is 1.08. The van der Waals surface area contributed by atoms with Crippen molar-refractivity contribution in [3.63, 3.8) is 0 Å². The fourth-order valence-electron chi connectivity index (χ4n) is 1.65. The van der Waals surface area contributed by atoms with Crippen LogP contribution in [0, 0.1) is 0 Å². The molecule has 5 heteroatoms. The highest BCUT2D eigenvalue weighted by atomic mass is 79.9. The van der Waals surface area contributed by atoms with Crippen LogP contribution in [0.25, 0.3) is 0 Å². The third-order valence-electron chi connectivity index (χ3n) is 2.65. The van der Waals surface area contributed by atoms with Gasteiger partial charge in [0.1, 0.15) is 5.82 Å². The summed E-state index contributed by atoms with van der Waals surface area (Å²) >= 11 is 11.4. The molecule has 0 aliphatic rings. The van der Waals surface area contributed by atoms with E-state index in [0.29, 0.717) is 0 Å². The van der Waals surface area contributed by atoms with Crippen LogP contribution in [0.1, 0.15) is 19.0 Å². The van der Waals surface area contributed by atoms with Gasteiger partial charge in [0.05, 0.1) is 10.7 Å². The first-order chi connectivity index (χ1) is 9.69. The van der Waals surface area contributed by atoms with E-state index in [-0.39, 0.29) is 0 Å². The van der Waals surface area contributed by atoms with E-state index >= 15 is 0 Å². The Bertz CT molecular complexity index is 578. The van der Waals surface area contributed by atoms with Crippen molar-refractivity contribution in [1.29, 1.82) is 0 Å². The zero-order chi connectivity index (χ0) is 14.4. The second-order valence-electron chi connectivity index (χ2n) is 4.30. The average Bonchev–Trinajstić information content (AvgIpc) is 2.45. The van der Waals surface area contributed by atoms with Gasteiger partial charge in [-0.3, -0.25) is 0 Å². The van der Waals surface area contributed by atoms with E-state index in [1.165, 1.54) is 4.90 Å². The predicted molar refractivity (Wildman–Crippen MR) is 91.7 cm³/mol. The van der Waals surface area contributed by atoms with Crippen LogP contribution < -0.4 is 5.32 Å². The Balaban J connectivity index is 2.04. The van der Waals surface area contributed by atoms with Crippen LogP contribution in [0.4, 0.5) is 5.82 Å². The monoisotopic (exact) mass is 370 g/mol. The number of halogens is 2. The number of rotatable bonds is 6. The number of benzene rings is 1. The van der Waals surface area contributed by atoms with Crippen molar-refractivity contribution in [1.82, 2.24) is 4.98 Å². The maximum absolute atomic E-state index is 6.21. The first-order valence-electron chi connectivity index (χ1n) is 6.46. The van der Waals surface area contributed by atoms with E-state index in [4.69, 9.17) is 11.6 Å². The first-order valence-corrected chi connectivity index (χ1v) is 8.62. The normalized spacial score (nSPS) is 10.6. The lowest BCUT2D eigenvalue weighted by molar-refractivity contribution is 0.965. The van der Waals surface area contributed by atoms with Gasteiger partial charge in [0.15, 0.2) is 0 Å². The van der Waals surface area contributed by atoms with Gasteiger partial charge in [-0.25, -0.2) is 4.98 Å². The van der Waals surface area contributed by atoms with E-state index in [1.807, 2.05) is 24.3 Å². The fourth-order valence-corrected chi connectivity index (χ4v) is 3.36. The van der Waals surface area contributed by atoms with Crippen molar-refractivity contribution in [3.05, 3.63) is 51.6 Å². The Kier molecular flexibility index (Phi) is 6.20. The smallest absolute Gasteiger partial charge is 0.126 e. The minimum atomic E-state index is 0.717. The third kappa shape index (κ3) is 4.69. The van der Waals surface area contributed by atoms with Crippen molar-refractivity contribution < 1.29 is 0 Å². The summed E-state index contributed by atoms with van der Waals surface area (Å²) in [5.74, 6) is 1.65. The summed E-state index contributed by atoms with van der Waals surface area (Å²) in [6.07, 6.45) is 1.08. The van der Waals surface area contributed by atoms with E-state index in [9.17, 15) is 0 Å². The highest BCUT2D eigenvalue weighted by molar-refractivity contribution is 9.10. The minimum absolute atomic E-state index is 0.717. The quantitative estimate of drug-likeness (QED) is 0.668. The zero-order valence-electron chi connectivity index (χ0n) is 11.2. The van der Waals surface area contributed by atoms with Gasteiger partial charge in [-0.2, -0.15) is 0 Å². The molecule has 1 heterocycles. The number of hydrogen-bond donors (Lipinski definition) is 1. The molecule has 0 atom stereocenters. The van der Waals surface area contributed by atoms with Gasteiger partial charge in [-0.05, 0) is 36.8 Å². The zero-order valence-corrected chi connectivity index (χ0v) is 14.4. The van der Waals surface area contributed by atoms with Crippen molar-refractivity contribution in [3.8, 4) is 0 Å². The Morgan fingerprint density at radius 2 is 2.15 bits per heavy atom. The number of aromatic nitrogens is 1. The molecule has 2 nitrogen and oxygen atoms in total. The number of nitrogens with zero attached hydrogens (tertiary/aromatic N) is 1. The Morgan fingerprint density at radius 3 is 2.90 bits per heavy atom. The molecule has 0 saturated carbocycles. The molecule has 0 radical (unpaired) electrons. The number of anilines is 1. The lowest BCUT2D eigenvalue weighted by Gasteiger charge is -2.08. The fraction of sp³-hybridized carbons (Fsp3) is 0.267. The molecule has 0 spiro atoms. The van der Waals surface area contributed by atoms with Crippen LogP contribution in [0.2, 0.25) is 5.02 Å². The summed E-state index contributed by atoms with van der Waals surface area (Å²) in [4.78, 5) is 5.77. The Hall–Kier alpha value is -0.710. The van der Waals surface area contributed by atoms with Gasteiger partial charge >= 0.3 is 0 Å². The van der Waals surface area contributed by atoms with Gasteiger partial charge in [0.2, 0.25) is 0 Å². The molecule has 2 rings (SSSR count). The standard InChI is InChI=1S/C15H16BrClN2S/c1-2-8-18-15-7-6-13(17)14(19-15)10-20-12-5-3-4-11(16)9-12/h3-7,9H,2,8,10H2,1H3,(H,18,19). The summed E-state index contributed by atoms with van der Waals surface area (Å²) in [7, 11) is 0. The molecule has 0 saturated heterocycles.